The van der Waals surface area contributed by atoms with Crippen molar-refractivity contribution in [2.24, 2.45) is 11.3 Å². The molecule has 0 amide bonds. The molecule has 2 bridgehead atoms. The second kappa shape index (κ2) is 2.03. The molecule has 2 heterocycles. The van der Waals surface area contributed by atoms with E-state index in [0.717, 1.165) is 12.8 Å². The lowest BCUT2D eigenvalue weighted by atomic mass is 9.69. The van der Waals surface area contributed by atoms with E-state index in [-0.39, 0.29) is 36.1 Å². The summed E-state index contributed by atoms with van der Waals surface area (Å²) in [6.45, 7) is 1.91. The van der Waals surface area contributed by atoms with Crippen LogP contribution in [-0.4, -0.2) is 23.8 Å². The van der Waals surface area contributed by atoms with Gasteiger partial charge in [-0.1, -0.05) is 0 Å². The van der Waals surface area contributed by atoms with Crippen molar-refractivity contribution in [1.29, 1.82) is 0 Å². The van der Waals surface area contributed by atoms with Crippen molar-refractivity contribution >= 4 is 11.6 Å². The number of ether oxygens (including phenoxy) is 1. The van der Waals surface area contributed by atoms with E-state index in [1.165, 1.54) is 0 Å². The van der Waals surface area contributed by atoms with Gasteiger partial charge in [-0.15, -0.1) is 0 Å². The summed E-state index contributed by atoms with van der Waals surface area (Å²) in [6.07, 6.45) is 2.15. The van der Waals surface area contributed by atoms with E-state index in [2.05, 4.69) is 0 Å². The number of carbonyl (C=O) groups excluding carboxylic acids is 2. The molecule has 4 atom stereocenters. The van der Waals surface area contributed by atoms with Crippen LogP contribution in [0.1, 0.15) is 26.2 Å². The maximum absolute atomic E-state index is 11.7. The van der Waals surface area contributed by atoms with Crippen LogP contribution in [0, 0.1) is 11.3 Å². The van der Waals surface area contributed by atoms with Crippen molar-refractivity contribution < 1.29 is 14.3 Å². The zero-order valence-corrected chi connectivity index (χ0v) is 7.58. The van der Waals surface area contributed by atoms with E-state index in [4.69, 9.17) is 4.74 Å². The van der Waals surface area contributed by atoms with Gasteiger partial charge < -0.3 is 4.74 Å². The first kappa shape index (κ1) is 7.68. The molecule has 1 saturated carbocycles. The van der Waals surface area contributed by atoms with Crippen LogP contribution < -0.4 is 0 Å². The van der Waals surface area contributed by atoms with E-state index in [1.54, 1.807) is 0 Å². The molecule has 0 aromatic heterocycles. The molecule has 1 aliphatic carbocycles. The predicted molar refractivity (Wildman–Crippen MR) is 44.1 cm³/mol. The average molecular weight is 180 g/mol. The number of hydrogen-bond acceptors (Lipinski definition) is 3. The minimum atomic E-state index is -0.458. The first-order valence-electron chi connectivity index (χ1n) is 4.85. The Morgan fingerprint density at radius 2 is 2.15 bits per heavy atom. The Labute approximate surface area is 76.4 Å². The lowest BCUT2D eigenvalue weighted by molar-refractivity contribution is -0.128. The Hall–Kier alpha value is -0.700. The molecule has 3 nitrogen and oxygen atoms in total. The minimum Gasteiger partial charge on any atom is -0.373 e. The molecule has 0 radical (unpaired) electrons. The fourth-order valence-electron chi connectivity index (χ4n) is 3.29. The highest BCUT2D eigenvalue weighted by Gasteiger charge is 2.66. The van der Waals surface area contributed by atoms with E-state index in [0.29, 0.717) is 0 Å². The van der Waals surface area contributed by atoms with Gasteiger partial charge in [0.25, 0.3) is 0 Å². The van der Waals surface area contributed by atoms with Crippen LogP contribution in [-0.2, 0) is 14.3 Å². The molecule has 70 valence electrons. The van der Waals surface area contributed by atoms with Gasteiger partial charge in [0.05, 0.1) is 30.0 Å². The number of fused-ring (bicyclic) bond motifs is 5. The maximum atomic E-state index is 11.7. The van der Waals surface area contributed by atoms with E-state index in [9.17, 15) is 9.59 Å². The molecule has 3 fully saturated rings. The van der Waals surface area contributed by atoms with Crippen LogP contribution in [0.3, 0.4) is 0 Å². The van der Waals surface area contributed by atoms with Gasteiger partial charge in [0, 0.05) is 0 Å². The Balaban J connectivity index is 2.12. The Morgan fingerprint density at radius 3 is 2.85 bits per heavy atom. The van der Waals surface area contributed by atoms with Gasteiger partial charge in [0.2, 0.25) is 0 Å². The van der Waals surface area contributed by atoms with Crippen molar-refractivity contribution in [2.75, 3.05) is 0 Å². The zero-order chi connectivity index (χ0) is 9.22. The van der Waals surface area contributed by atoms with Crippen LogP contribution in [0.4, 0.5) is 0 Å². The third-order valence-corrected chi connectivity index (χ3v) is 4.02. The van der Waals surface area contributed by atoms with Crippen molar-refractivity contribution in [2.45, 2.75) is 38.4 Å². The van der Waals surface area contributed by atoms with Gasteiger partial charge in [-0.3, -0.25) is 9.59 Å². The smallest absolute Gasteiger partial charge is 0.149 e. The van der Waals surface area contributed by atoms with Crippen LogP contribution in [0.15, 0.2) is 0 Å². The highest BCUT2D eigenvalue weighted by Crippen LogP contribution is 2.56. The molecular weight excluding hydrogens is 168 g/mol. The summed E-state index contributed by atoms with van der Waals surface area (Å²) in [5.74, 6) is 0.105. The molecule has 0 unspecified atom stereocenters. The van der Waals surface area contributed by atoms with Crippen LogP contribution >= 0.6 is 0 Å². The van der Waals surface area contributed by atoms with Crippen molar-refractivity contribution in [3.63, 3.8) is 0 Å². The summed E-state index contributed by atoms with van der Waals surface area (Å²) >= 11 is 0. The summed E-state index contributed by atoms with van der Waals surface area (Å²) in [5, 5.41) is 0. The predicted octanol–water partition coefficient (Wildman–Crippen LogP) is 0.712. The van der Waals surface area contributed by atoms with E-state index < -0.39 is 5.41 Å². The second-order valence-electron chi connectivity index (χ2n) is 4.57. The molecule has 2 saturated heterocycles. The molecule has 0 aromatic rings. The minimum absolute atomic E-state index is 0.0291. The van der Waals surface area contributed by atoms with Gasteiger partial charge in [-0.25, -0.2) is 0 Å². The second-order valence-corrected chi connectivity index (χ2v) is 4.57. The van der Waals surface area contributed by atoms with E-state index in [1.807, 2.05) is 6.92 Å². The molecule has 3 heteroatoms. The van der Waals surface area contributed by atoms with E-state index >= 15 is 0 Å². The molecule has 0 N–H and O–H groups in total. The summed E-state index contributed by atoms with van der Waals surface area (Å²) in [4.78, 5) is 23.2. The molecule has 13 heavy (non-hydrogen) atoms. The molecule has 0 spiro atoms. The largest absolute Gasteiger partial charge is 0.373 e. The Morgan fingerprint density at radius 1 is 1.38 bits per heavy atom. The summed E-state index contributed by atoms with van der Waals surface area (Å²) < 4.78 is 5.64. The summed E-state index contributed by atoms with van der Waals surface area (Å²) in [6, 6.07) is 0. The fourth-order valence-corrected chi connectivity index (χ4v) is 3.29. The SMILES string of the molecule is C[C@]12C(=O)CC(=O)[C@H]1[C@@H]1CC[C@H]2O1. The average Bonchev–Trinajstić information content (AvgIpc) is 2.66. The highest BCUT2D eigenvalue weighted by atomic mass is 16.5. The van der Waals surface area contributed by atoms with Gasteiger partial charge in [0.1, 0.15) is 11.6 Å². The Kier molecular flexibility index (Phi) is 1.20. The summed E-state index contributed by atoms with van der Waals surface area (Å²) in [5.41, 5.74) is -0.458. The maximum Gasteiger partial charge on any atom is 0.149 e. The lowest BCUT2D eigenvalue weighted by Crippen LogP contribution is -2.40. The zero-order valence-electron chi connectivity index (χ0n) is 7.58. The highest BCUT2D eigenvalue weighted by molar-refractivity contribution is 6.11. The first-order valence-corrected chi connectivity index (χ1v) is 4.85. The van der Waals surface area contributed by atoms with Gasteiger partial charge in [-0.2, -0.15) is 0 Å². The monoisotopic (exact) mass is 180 g/mol. The quantitative estimate of drug-likeness (QED) is 0.516. The van der Waals surface area contributed by atoms with Gasteiger partial charge >= 0.3 is 0 Å². The van der Waals surface area contributed by atoms with Gasteiger partial charge in [-0.05, 0) is 19.8 Å². The van der Waals surface area contributed by atoms with Crippen LogP contribution in [0.5, 0.6) is 0 Å². The third kappa shape index (κ3) is 0.666. The molecule has 2 aliphatic heterocycles. The van der Waals surface area contributed by atoms with Crippen molar-refractivity contribution in [3.8, 4) is 0 Å². The molecular formula is C10H12O3. The molecule has 3 aliphatic rings. The number of carbonyl (C=O) groups is 2. The van der Waals surface area contributed by atoms with Crippen molar-refractivity contribution in [1.82, 2.24) is 0 Å². The van der Waals surface area contributed by atoms with Crippen LogP contribution in [0.25, 0.3) is 0 Å². The first-order chi connectivity index (χ1) is 6.14. The number of ketones is 2. The van der Waals surface area contributed by atoms with Crippen molar-refractivity contribution in [3.05, 3.63) is 0 Å². The number of rotatable bonds is 0. The fraction of sp³-hybridized carbons (Fsp3) is 0.800. The molecule has 3 rings (SSSR count). The number of hydrogen-bond donors (Lipinski definition) is 0. The Bertz CT molecular complexity index is 309. The van der Waals surface area contributed by atoms with Crippen LogP contribution in [0.2, 0.25) is 0 Å². The summed E-state index contributed by atoms with van der Waals surface area (Å²) in [7, 11) is 0. The standard InChI is InChI=1S/C10H12O3/c1-10-7(12)4-5(11)9(10)6-2-3-8(10)13-6/h6,8-9H,2-4H2,1H3/t6-,8+,9-,10+/m0/s1. The third-order valence-electron chi connectivity index (χ3n) is 4.02. The normalized spacial score (nSPS) is 53.2. The molecule has 0 aromatic carbocycles. The topological polar surface area (TPSA) is 43.4 Å². The number of Topliss-reactive ketones (excluding diaryl/α,β-unsaturated/α-hetero) is 2. The lowest BCUT2D eigenvalue weighted by Gasteiger charge is -2.29. The van der Waals surface area contributed by atoms with Gasteiger partial charge in [0.15, 0.2) is 0 Å².